The lowest BCUT2D eigenvalue weighted by Gasteiger charge is -2.10. The third-order valence-electron chi connectivity index (χ3n) is 3.20. The van der Waals surface area contributed by atoms with Gasteiger partial charge in [-0.1, -0.05) is 41.9 Å². The second-order valence-corrected chi connectivity index (χ2v) is 4.74. The normalized spacial score (nSPS) is 10.8. The lowest BCUT2D eigenvalue weighted by molar-refractivity contribution is 1.35. The van der Waals surface area contributed by atoms with E-state index in [1.807, 2.05) is 42.7 Å². The lowest BCUT2D eigenvalue weighted by Crippen LogP contribution is -1.86. The summed E-state index contributed by atoms with van der Waals surface area (Å²) < 4.78 is 0. The van der Waals surface area contributed by atoms with Crippen LogP contribution in [0.2, 0.25) is 5.02 Å². The second-order valence-electron chi connectivity index (χ2n) is 4.33. The van der Waals surface area contributed by atoms with Gasteiger partial charge in [0.1, 0.15) is 0 Å². The van der Waals surface area contributed by atoms with Crippen LogP contribution in [0.4, 0.5) is 0 Å². The van der Waals surface area contributed by atoms with Crippen molar-refractivity contribution >= 4 is 22.4 Å². The Kier molecular flexibility index (Phi) is 2.77. The van der Waals surface area contributed by atoms with E-state index in [4.69, 9.17) is 11.6 Å². The predicted octanol–water partition coefficient (Wildman–Crippen LogP) is 4.86. The number of aromatic nitrogens is 1. The zero-order valence-corrected chi connectivity index (χ0v) is 10.8. The molecule has 0 saturated heterocycles. The SMILES string of the molecule is Cc1ccc(-c2ccccc2Cl)c2cnccc12. The molecule has 0 spiro atoms. The van der Waals surface area contributed by atoms with Crippen molar-refractivity contribution in [2.45, 2.75) is 6.92 Å². The minimum Gasteiger partial charge on any atom is -0.264 e. The molecular weight excluding hydrogens is 242 g/mol. The van der Waals surface area contributed by atoms with Crippen LogP contribution in [0.3, 0.4) is 0 Å². The van der Waals surface area contributed by atoms with Gasteiger partial charge in [-0.25, -0.2) is 0 Å². The summed E-state index contributed by atoms with van der Waals surface area (Å²) in [5.74, 6) is 0. The molecule has 0 N–H and O–H groups in total. The van der Waals surface area contributed by atoms with E-state index in [1.54, 1.807) is 0 Å². The van der Waals surface area contributed by atoms with Crippen molar-refractivity contribution in [1.82, 2.24) is 4.98 Å². The highest BCUT2D eigenvalue weighted by Gasteiger charge is 2.08. The van der Waals surface area contributed by atoms with Gasteiger partial charge in [0.25, 0.3) is 0 Å². The zero-order chi connectivity index (χ0) is 12.5. The van der Waals surface area contributed by atoms with Gasteiger partial charge >= 0.3 is 0 Å². The molecule has 0 fully saturated rings. The third kappa shape index (κ3) is 1.77. The summed E-state index contributed by atoms with van der Waals surface area (Å²) in [7, 11) is 0. The van der Waals surface area contributed by atoms with Crippen molar-refractivity contribution in [2.75, 3.05) is 0 Å². The van der Waals surface area contributed by atoms with Crippen LogP contribution < -0.4 is 0 Å². The summed E-state index contributed by atoms with van der Waals surface area (Å²) >= 11 is 6.28. The molecule has 2 aromatic carbocycles. The van der Waals surface area contributed by atoms with Crippen molar-refractivity contribution < 1.29 is 0 Å². The highest BCUT2D eigenvalue weighted by atomic mass is 35.5. The Labute approximate surface area is 111 Å². The van der Waals surface area contributed by atoms with E-state index >= 15 is 0 Å². The van der Waals surface area contributed by atoms with Gasteiger partial charge in [0.15, 0.2) is 0 Å². The number of fused-ring (bicyclic) bond motifs is 1. The summed E-state index contributed by atoms with van der Waals surface area (Å²) in [5.41, 5.74) is 3.44. The molecule has 3 aromatic rings. The van der Waals surface area contributed by atoms with E-state index in [0.29, 0.717) is 0 Å². The minimum absolute atomic E-state index is 0.770. The van der Waals surface area contributed by atoms with Gasteiger partial charge in [0.05, 0.1) is 0 Å². The van der Waals surface area contributed by atoms with Crippen LogP contribution in [-0.4, -0.2) is 4.98 Å². The molecule has 0 aliphatic rings. The molecule has 1 heterocycles. The number of rotatable bonds is 1. The Bertz CT molecular complexity index is 719. The van der Waals surface area contributed by atoms with Crippen molar-refractivity contribution in [3.63, 3.8) is 0 Å². The molecule has 88 valence electrons. The molecule has 0 aliphatic heterocycles. The molecule has 1 aromatic heterocycles. The molecule has 18 heavy (non-hydrogen) atoms. The van der Waals surface area contributed by atoms with Crippen LogP contribution in [-0.2, 0) is 0 Å². The van der Waals surface area contributed by atoms with Crippen LogP contribution in [0.1, 0.15) is 5.56 Å². The average Bonchev–Trinajstić information content (AvgIpc) is 2.41. The number of nitrogens with zero attached hydrogens (tertiary/aromatic N) is 1. The first-order chi connectivity index (χ1) is 8.77. The fraction of sp³-hybridized carbons (Fsp3) is 0.0625. The molecular formula is C16H12ClN. The lowest BCUT2D eigenvalue weighted by atomic mass is 9.97. The maximum absolute atomic E-state index is 6.28. The average molecular weight is 254 g/mol. The monoisotopic (exact) mass is 253 g/mol. The summed E-state index contributed by atoms with van der Waals surface area (Å²) in [6, 6.07) is 14.2. The van der Waals surface area contributed by atoms with Crippen LogP contribution >= 0.6 is 11.6 Å². The standard InChI is InChI=1S/C16H12ClN/c1-11-6-7-13(14-4-2-3-5-16(14)17)15-10-18-9-8-12(11)15/h2-10H,1H3. The maximum Gasteiger partial charge on any atom is 0.0484 e. The molecule has 0 bridgehead atoms. The summed E-state index contributed by atoms with van der Waals surface area (Å²) in [4.78, 5) is 4.23. The molecule has 0 amide bonds. The van der Waals surface area contributed by atoms with E-state index in [9.17, 15) is 0 Å². The highest BCUT2D eigenvalue weighted by molar-refractivity contribution is 6.33. The van der Waals surface area contributed by atoms with Crippen molar-refractivity contribution in [1.29, 1.82) is 0 Å². The largest absolute Gasteiger partial charge is 0.264 e. The van der Waals surface area contributed by atoms with Crippen LogP contribution in [0.15, 0.2) is 54.9 Å². The third-order valence-corrected chi connectivity index (χ3v) is 3.53. The maximum atomic E-state index is 6.28. The topological polar surface area (TPSA) is 12.9 Å². The fourth-order valence-corrected chi connectivity index (χ4v) is 2.49. The van der Waals surface area contributed by atoms with Gasteiger partial charge in [0, 0.05) is 28.4 Å². The predicted molar refractivity (Wildman–Crippen MR) is 76.9 cm³/mol. The molecule has 0 atom stereocenters. The van der Waals surface area contributed by atoms with Crippen LogP contribution in [0.5, 0.6) is 0 Å². The Morgan fingerprint density at radius 1 is 0.889 bits per heavy atom. The van der Waals surface area contributed by atoms with Gasteiger partial charge in [0.2, 0.25) is 0 Å². The zero-order valence-electron chi connectivity index (χ0n) is 10.0. The molecule has 2 heteroatoms. The first kappa shape index (κ1) is 11.2. The Hall–Kier alpha value is -1.86. The van der Waals surface area contributed by atoms with E-state index < -0.39 is 0 Å². The number of pyridine rings is 1. The summed E-state index contributed by atoms with van der Waals surface area (Å²) in [5, 5.41) is 3.14. The van der Waals surface area contributed by atoms with Crippen LogP contribution in [0.25, 0.3) is 21.9 Å². The fourth-order valence-electron chi connectivity index (χ4n) is 2.26. The smallest absolute Gasteiger partial charge is 0.0484 e. The van der Waals surface area contributed by atoms with E-state index in [0.717, 1.165) is 21.5 Å². The van der Waals surface area contributed by atoms with E-state index in [-0.39, 0.29) is 0 Å². The van der Waals surface area contributed by atoms with Gasteiger partial charge in [-0.15, -0.1) is 0 Å². The molecule has 1 nitrogen and oxygen atoms in total. The molecule has 0 aliphatic carbocycles. The van der Waals surface area contributed by atoms with Gasteiger partial charge < -0.3 is 0 Å². The quantitative estimate of drug-likeness (QED) is 0.603. The van der Waals surface area contributed by atoms with Crippen molar-refractivity contribution in [2.24, 2.45) is 0 Å². The Morgan fingerprint density at radius 3 is 2.56 bits per heavy atom. The van der Waals surface area contributed by atoms with E-state index in [1.165, 1.54) is 10.9 Å². The first-order valence-corrected chi connectivity index (χ1v) is 6.23. The number of hydrogen-bond acceptors (Lipinski definition) is 1. The highest BCUT2D eigenvalue weighted by Crippen LogP contribution is 2.34. The number of aryl methyl sites for hydroxylation is 1. The molecule has 3 rings (SSSR count). The Morgan fingerprint density at radius 2 is 1.72 bits per heavy atom. The number of benzene rings is 2. The second kappa shape index (κ2) is 4.43. The number of halogens is 1. The Balaban J connectivity index is 2.38. The van der Waals surface area contributed by atoms with Crippen molar-refractivity contribution in [3.8, 4) is 11.1 Å². The minimum atomic E-state index is 0.770. The summed E-state index contributed by atoms with van der Waals surface area (Å²) in [6.45, 7) is 2.11. The van der Waals surface area contributed by atoms with Gasteiger partial charge in [-0.3, -0.25) is 4.98 Å². The molecule has 0 saturated carbocycles. The van der Waals surface area contributed by atoms with Crippen molar-refractivity contribution in [3.05, 3.63) is 65.4 Å². The first-order valence-electron chi connectivity index (χ1n) is 5.85. The molecule has 0 radical (unpaired) electrons. The van der Waals surface area contributed by atoms with Crippen LogP contribution in [0, 0.1) is 6.92 Å². The number of hydrogen-bond donors (Lipinski definition) is 0. The van der Waals surface area contributed by atoms with Gasteiger partial charge in [-0.05, 0) is 35.6 Å². The summed E-state index contributed by atoms with van der Waals surface area (Å²) in [6.07, 6.45) is 3.73. The van der Waals surface area contributed by atoms with Gasteiger partial charge in [-0.2, -0.15) is 0 Å². The molecule has 0 unspecified atom stereocenters. The van der Waals surface area contributed by atoms with E-state index in [2.05, 4.69) is 24.0 Å².